The van der Waals surface area contributed by atoms with Crippen LogP contribution in [0.15, 0.2) is 12.3 Å². The Morgan fingerprint density at radius 1 is 1.40 bits per heavy atom. The molecule has 0 atom stereocenters. The number of sulfonamides is 1. The van der Waals surface area contributed by atoms with Crippen molar-refractivity contribution >= 4 is 21.6 Å². The van der Waals surface area contributed by atoms with Crippen LogP contribution in [0.5, 0.6) is 0 Å². The average molecular weight is 302 g/mol. The van der Waals surface area contributed by atoms with E-state index in [1.807, 2.05) is 6.92 Å². The van der Waals surface area contributed by atoms with Gasteiger partial charge in [0, 0.05) is 25.8 Å². The van der Waals surface area contributed by atoms with Crippen LogP contribution in [0.4, 0.5) is 5.69 Å². The van der Waals surface area contributed by atoms with Gasteiger partial charge in [-0.2, -0.15) is 0 Å². The molecule has 0 aliphatic carbocycles. The van der Waals surface area contributed by atoms with Gasteiger partial charge in [0.25, 0.3) is 5.91 Å². The van der Waals surface area contributed by atoms with E-state index < -0.39 is 10.0 Å². The number of hydrogen-bond acceptors (Lipinski definition) is 4. The molecule has 114 valence electrons. The number of nitrogens with zero attached hydrogens (tertiary/aromatic N) is 1. The fourth-order valence-electron chi connectivity index (χ4n) is 1.83. The van der Waals surface area contributed by atoms with Crippen molar-refractivity contribution < 1.29 is 13.2 Å². The lowest BCUT2D eigenvalue weighted by atomic mass is 10.3. The lowest BCUT2D eigenvalue weighted by Crippen LogP contribution is -2.35. The van der Waals surface area contributed by atoms with Gasteiger partial charge in [-0.3, -0.25) is 4.79 Å². The number of anilines is 1. The molecule has 7 nitrogen and oxygen atoms in total. The lowest BCUT2D eigenvalue weighted by Gasteiger charge is -2.09. The number of aryl methyl sites for hydroxylation is 1. The summed E-state index contributed by atoms with van der Waals surface area (Å²) in [6, 6.07) is 1.59. The maximum atomic E-state index is 12.0. The Balaban J connectivity index is 2.59. The second-order valence-corrected chi connectivity index (χ2v) is 6.35. The number of rotatable bonds is 8. The standard InChI is InChI=1S/C12H22N4O3S/c1-3-6-16-9-10(13)8-11(16)12(17)14-5-7-20(18,19)15-4-2/h8-9,15H,3-7,13H2,1-2H3,(H,14,17). The highest BCUT2D eigenvalue weighted by Gasteiger charge is 2.14. The van der Waals surface area contributed by atoms with Crippen LogP contribution >= 0.6 is 0 Å². The molecule has 0 fully saturated rings. The molecule has 8 heteroatoms. The van der Waals surface area contributed by atoms with Crippen molar-refractivity contribution in [3.05, 3.63) is 18.0 Å². The van der Waals surface area contributed by atoms with Crippen molar-refractivity contribution in [2.24, 2.45) is 0 Å². The number of amides is 1. The van der Waals surface area contributed by atoms with E-state index in [1.54, 1.807) is 23.8 Å². The Labute approximate surface area is 119 Å². The minimum atomic E-state index is -3.32. The number of carbonyl (C=O) groups excluding carboxylic acids is 1. The zero-order valence-electron chi connectivity index (χ0n) is 11.8. The Hall–Kier alpha value is -1.54. The lowest BCUT2D eigenvalue weighted by molar-refractivity contribution is 0.0946. The third-order valence-corrected chi connectivity index (χ3v) is 4.11. The fraction of sp³-hybridized carbons (Fsp3) is 0.583. The van der Waals surface area contributed by atoms with Crippen LogP contribution in [-0.2, 0) is 16.6 Å². The fourth-order valence-corrected chi connectivity index (χ4v) is 2.79. The van der Waals surface area contributed by atoms with E-state index in [4.69, 9.17) is 5.73 Å². The molecule has 0 bridgehead atoms. The van der Waals surface area contributed by atoms with Crippen LogP contribution in [-0.4, -0.2) is 37.7 Å². The van der Waals surface area contributed by atoms with Gasteiger partial charge in [0.15, 0.2) is 0 Å². The summed E-state index contributed by atoms with van der Waals surface area (Å²) in [5.41, 5.74) is 6.64. The summed E-state index contributed by atoms with van der Waals surface area (Å²) in [6.07, 6.45) is 2.58. The molecule has 1 aromatic rings. The zero-order valence-corrected chi connectivity index (χ0v) is 12.7. The maximum Gasteiger partial charge on any atom is 0.268 e. The minimum Gasteiger partial charge on any atom is -0.397 e. The molecule has 0 saturated heterocycles. The van der Waals surface area contributed by atoms with Crippen molar-refractivity contribution in [1.82, 2.24) is 14.6 Å². The van der Waals surface area contributed by atoms with Crippen LogP contribution in [0.3, 0.4) is 0 Å². The highest BCUT2D eigenvalue weighted by atomic mass is 32.2. The van der Waals surface area contributed by atoms with Gasteiger partial charge >= 0.3 is 0 Å². The first-order valence-corrected chi connectivity index (χ1v) is 8.26. The number of aromatic nitrogens is 1. The van der Waals surface area contributed by atoms with E-state index in [0.717, 1.165) is 6.42 Å². The summed E-state index contributed by atoms with van der Waals surface area (Å²) >= 11 is 0. The maximum absolute atomic E-state index is 12.0. The number of nitrogens with two attached hydrogens (primary N) is 1. The third-order valence-electron chi connectivity index (χ3n) is 2.64. The summed E-state index contributed by atoms with van der Waals surface area (Å²) in [5, 5.41) is 2.59. The largest absolute Gasteiger partial charge is 0.397 e. The van der Waals surface area contributed by atoms with E-state index in [9.17, 15) is 13.2 Å². The van der Waals surface area contributed by atoms with Crippen LogP contribution in [0.2, 0.25) is 0 Å². The number of nitrogen functional groups attached to an aromatic ring is 1. The van der Waals surface area contributed by atoms with Gasteiger partial charge in [-0.15, -0.1) is 0 Å². The smallest absolute Gasteiger partial charge is 0.268 e. The topological polar surface area (TPSA) is 106 Å². The van der Waals surface area contributed by atoms with Crippen molar-refractivity contribution in [3.63, 3.8) is 0 Å². The van der Waals surface area contributed by atoms with Crippen molar-refractivity contribution in [2.75, 3.05) is 24.6 Å². The molecular formula is C12H22N4O3S. The summed E-state index contributed by atoms with van der Waals surface area (Å²) in [5.74, 6) is -0.460. The molecule has 1 rings (SSSR count). The highest BCUT2D eigenvalue weighted by molar-refractivity contribution is 7.89. The van der Waals surface area contributed by atoms with Crippen LogP contribution in [0.25, 0.3) is 0 Å². The average Bonchev–Trinajstić information content (AvgIpc) is 2.70. The quantitative estimate of drug-likeness (QED) is 0.635. The van der Waals surface area contributed by atoms with Gasteiger partial charge in [0.05, 0.1) is 11.4 Å². The first-order valence-electron chi connectivity index (χ1n) is 6.60. The Bertz CT molecular complexity index is 551. The van der Waals surface area contributed by atoms with Gasteiger partial charge in [0.2, 0.25) is 10.0 Å². The monoisotopic (exact) mass is 302 g/mol. The summed E-state index contributed by atoms with van der Waals surface area (Å²) in [7, 11) is -3.32. The summed E-state index contributed by atoms with van der Waals surface area (Å²) in [6.45, 7) is 4.80. The molecule has 0 radical (unpaired) electrons. The molecule has 1 amide bonds. The molecule has 1 aromatic heterocycles. The zero-order chi connectivity index (χ0) is 15.2. The molecular weight excluding hydrogens is 280 g/mol. The molecule has 4 N–H and O–H groups in total. The number of nitrogens with one attached hydrogen (secondary N) is 2. The predicted octanol–water partition coefficient (Wildman–Crippen LogP) is 0.149. The second kappa shape index (κ2) is 7.30. The van der Waals surface area contributed by atoms with Gasteiger partial charge in [-0.1, -0.05) is 13.8 Å². The van der Waals surface area contributed by atoms with Gasteiger partial charge in [-0.05, 0) is 12.5 Å². The van der Waals surface area contributed by atoms with E-state index in [0.29, 0.717) is 24.5 Å². The first-order chi connectivity index (χ1) is 9.39. The second-order valence-electron chi connectivity index (χ2n) is 4.42. The normalized spacial score (nSPS) is 11.5. The molecule has 0 saturated carbocycles. The Morgan fingerprint density at radius 2 is 2.10 bits per heavy atom. The van der Waals surface area contributed by atoms with Crippen molar-refractivity contribution in [3.8, 4) is 0 Å². The van der Waals surface area contributed by atoms with Crippen LogP contribution in [0.1, 0.15) is 30.8 Å². The Kier molecular flexibility index (Phi) is 6.03. The Morgan fingerprint density at radius 3 is 2.70 bits per heavy atom. The molecule has 0 aliphatic heterocycles. The van der Waals surface area contributed by atoms with E-state index in [2.05, 4.69) is 10.0 Å². The van der Waals surface area contributed by atoms with Gasteiger partial charge < -0.3 is 15.6 Å². The molecule has 0 aliphatic rings. The van der Waals surface area contributed by atoms with Crippen molar-refractivity contribution in [2.45, 2.75) is 26.8 Å². The van der Waals surface area contributed by atoms with Crippen LogP contribution in [0, 0.1) is 0 Å². The van der Waals surface area contributed by atoms with E-state index in [1.165, 1.54) is 0 Å². The van der Waals surface area contributed by atoms with E-state index >= 15 is 0 Å². The van der Waals surface area contributed by atoms with Crippen molar-refractivity contribution in [1.29, 1.82) is 0 Å². The minimum absolute atomic E-state index is 0.0609. The number of hydrogen-bond donors (Lipinski definition) is 3. The van der Waals surface area contributed by atoms with E-state index in [-0.39, 0.29) is 18.2 Å². The van der Waals surface area contributed by atoms with Gasteiger partial charge in [-0.25, -0.2) is 13.1 Å². The SMILES string of the molecule is CCCn1cc(N)cc1C(=O)NCCS(=O)(=O)NCC. The first kappa shape index (κ1) is 16.5. The number of carbonyl (C=O) groups is 1. The predicted molar refractivity (Wildman–Crippen MR) is 78.9 cm³/mol. The highest BCUT2D eigenvalue weighted by Crippen LogP contribution is 2.11. The summed E-state index contributed by atoms with van der Waals surface area (Å²) < 4.78 is 27.0. The molecule has 20 heavy (non-hydrogen) atoms. The third kappa shape index (κ3) is 4.86. The van der Waals surface area contributed by atoms with Crippen LogP contribution < -0.4 is 15.8 Å². The van der Waals surface area contributed by atoms with Gasteiger partial charge in [0.1, 0.15) is 5.69 Å². The molecule has 0 unspecified atom stereocenters. The molecule has 0 aromatic carbocycles. The molecule has 1 heterocycles. The summed E-state index contributed by atoms with van der Waals surface area (Å²) in [4.78, 5) is 12.0. The molecule has 0 spiro atoms.